The fraction of sp³-hybridized carbons (Fsp3) is 0.278. The SMILES string of the molecule is CN(C)C(CNC(=O)c1ccc(F)cc1F)Cc1ccccc1. The Kier molecular flexibility index (Phi) is 5.82. The van der Waals surface area contributed by atoms with Crippen molar-refractivity contribution in [2.24, 2.45) is 0 Å². The number of carbonyl (C=O) groups is 1. The highest BCUT2D eigenvalue weighted by Gasteiger charge is 2.16. The molecule has 0 bridgehead atoms. The van der Waals surface area contributed by atoms with Gasteiger partial charge in [0.2, 0.25) is 0 Å². The highest BCUT2D eigenvalue weighted by atomic mass is 19.1. The summed E-state index contributed by atoms with van der Waals surface area (Å²) in [6.07, 6.45) is 0.764. The summed E-state index contributed by atoms with van der Waals surface area (Å²) in [6, 6.07) is 13.0. The van der Waals surface area contributed by atoms with Crippen molar-refractivity contribution in [3.05, 3.63) is 71.3 Å². The molecule has 0 aliphatic heterocycles. The zero-order chi connectivity index (χ0) is 16.8. The molecule has 0 fully saturated rings. The minimum atomic E-state index is -0.855. The molecule has 2 rings (SSSR count). The fourth-order valence-electron chi connectivity index (χ4n) is 2.30. The molecule has 0 aromatic heterocycles. The number of likely N-dealkylation sites (N-methyl/N-ethyl adjacent to an activating group) is 1. The van der Waals surface area contributed by atoms with Gasteiger partial charge in [-0.15, -0.1) is 0 Å². The van der Waals surface area contributed by atoms with E-state index in [0.717, 1.165) is 24.1 Å². The van der Waals surface area contributed by atoms with Gasteiger partial charge in [0.1, 0.15) is 11.6 Å². The van der Waals surface area contributed by atoms with Crippen LogP contribution in [0.15, 0.2) is 48.5 Å². The maximum Gasteiger partial charge on any atom is 0.254 e. The van der Waals surface area contributed by atoms with Crippen LogP contribution in [0.4, 0.5) is 8.78 Å². The van der Waals surface area contributed by atoms with Crippen molar-refractivity contribution >= 4 is 5.91 Å². The predicted molar refractivity (Wildman–Crippen MR) is 86.3 cm³/mol. The Hall–Kier alpha value is -2.27. The molecule has 0 aliphatic rings. The third kappa shape index (κ3) is 4.86. The zero-order valence-electron chi connectivity index (χ0n) is 13.2. The molecule has 122 valence electrons. The van der Waals surface area contributed by atoms with Gasteiger partial charge >= 0.3 is 0 Å². The number of halogens is 2. The summed E-state index contributed by atoms with van der Waals surface area (Å²) in [4.78, 5) is 14.1. The van der Waals surface area contributed by atoms with Crippen LogP contribution in [0.1, 0.15) is 15.9 Å². The van der Waals surface area contributed by atoms with E-state index in [9.17, 15) is 13.6 Å². The first-order chi connectivity index (χ1) is 11.0. The largest absolute Gasteiger partial charge is 0.350 e. The summed E-state index contributed by atoms with van der Waals surface area (Å²) >= 11 is 0. The Labute approximate surface area is 134 Å². The van der Waals surface area contributed by atoms with Crippen LogP contribution < -0.4 is 5.32 Å². The van der Waals surface area contributed by atoms with E-state index in [1.54, 1.807) is 0 Å². The van der Waals surface area contributed by atoms with Gasteiger partial charge in [0, 0.05) is 18.7 Å². The van der Waals surface area contributed by atoms with Gasteiger partial charge in [-0.1, -0.05) is 30.3 Å². The van der Waals surface area contributed by atoms with Gasteiger partial charge in [0.25, 0.3) is 5.91 Å². The van der Waals surface area contributed by atoms with Gasteiger partial charge in [-0.25, -0.2) is 8.78 Å². The lowest BCUT2D eigenvalue weighted by Gasteiger charge is -2.24. The van der Waals surface area contributed by atoms with Crippen LogP contribution in [-0.2, 0) is 6.42 Å². The van der Waals surface area contributed by atoms with Crippen molar-refractivity contribution in [3.63, 3.8) is 0 Å². The first-order valence-electron chi connectivity index (χ1n) is 7.41. The number of hydrogen-bond acceptors (Lipinski definition) is 2. The average molecular weight is 318 g/mol. The minimum Gasteiger partial charge on any atom is -0.350 e. The molecular formula is C18H20F2N2O. The summed E-state index contributed by atoms with van der Waals surface area (Å²) < 4.78 is 26.5. The van der Waals surface area contributed by atoms with Crippen LogP contribution in [0.25, 0.3) is 0 Å². The Balaban J connectivity index is 1.99. The van der Waals surface area contributed by atoms with Gasteiger partial charge < -0.3 is 10.2 Å². The summed E-state index contributed by atoms with van der Waals surface area (Å²) in [5.41, 5.74) is 1.01. The van der Waals surface area contributed by atoms with Crippen molar-refractivity contribution in [2.45, 2.75) is 12.5 Å². The number of nitrogens with zero attached hydrogens (tertiary/aromatic N) is 1. The maximum atomic E-state index is 13.6. The standard InChI is InChI=1S/C18H20F2N2O/c1-22(2)15(10-13-6-4-3-5-7-13)12-21-18(23)16-9-8-14(19)11-17(16)20/h3-9,11,15H,10,12H2,1-2H3,(H,21,23). The highest BCUT2D eigenvalue weighted by molar-refractivity contribution is 5.94. The normalized spacial score (nSPS) is 12.2. The lowest BCUT2D eigenvalue weighted by Crippen LogP contribution is -2.41. The second-order valence-corrected chi connectivity index (χ2v) is 5.64. The fourth-order valence-corrected chi connectivity index (χ4v) is 2.30. The van der Waals surface area contributed by atoms with Crippen LogP contribution in [-0.4, -0.2) is 37.5 Å². The van der Waals surface area contributed by atoms with Gasteiger partial charge in [-0.05, 0) is 38.2 Å². The van der Waals surface area contributed by atoms with E-state index in [-0.39, 0.29) is 11.6 Å². The number of amides is 1. The Bertz CT molecular complexity index is 659. The molecule has 0 radical (unpaired) electrons. The van der Waals surface area contributed by atoms with Gasteiger partial charge in [0.15, 0.2) is 0 Å². The van der Waals surface area contributed by atoms with E-state index >= 15 is 0 Å². The molecule has 0 saturated carbocycles. The summed E-state index contributed by atoms with van der Waals surface area (Å²) in [6.45, 7) is 0.373. The Morgan fingerprint density at radius 3 is 2.43 bits per heavy atom. The lowest BCUT2D eigenvalue weighted by atomic mass is 10.0. The van der Waals surface area contributed by atoms with Crippen molar-refractivity contribution in [1.29, 1.82) is 0 Å². The monoisotopic (exact) mass is 318 g/mol. The number of benzene rings is 2. The Morgan fingerprint density at radius 2 is 1.83 bits per heavy atom. The highest BCUT2D eigenvalue weighted by Crippen LogP contribution is 2.10. The van der Waals surface area contributed by atoms with Crippen LogP contribution in [0.3, 0.4) is 0 Å². The molecule has 3 nitrogen and oxygen atoms in total. The topological polar surface area (TPSA) is 32.3 Å². The van der Waals surface area contributed by atoms with Crippen molar-refractivity contribution in [2.75, 3.05) is 20.6 Å². The molecule has 23 heavy (non-hydrogen) atoms. The van der Waals surface area contributed by atoms with E-state index in [2.05, 4.69) is 5.32 Å². The quantitative estimate of drug-likeness (QED) is 0.888. The van der Waals surface area contributed by atoms with Gasteiger partial charge in [-0.3, -0.25) is 4.79 Å². The van der Waals surface area contributed by atoms with E-state index in [1.165, 1.54) is 0 Å². The van der Waals surface area contributed by atoms with Gasteiger partial charge in [-0.2, -0.15) is 0 Å². The third-order valence-electron chi connectivity index (χ3n) is 3.72. The summed E-state index contributed by atoms with van der Waals surface area (Å²) in [5, 5.41) is 2.72. The van der Waals surface area contributed by atoms with Crippen molar-refractivity contribution in [3.8, 4) is 0 Å². The molecule has 1 unspecified atom stereocenters. The third-order valence-corrected chi connectivity index (χ3v) is 3.72. The van der Waals surface area contributed by atoms with Crippen LogP contribution in [0.2, 0.25) is 0 Å². The molecule has 0 saturated heterocycles. The first-order valence-corrected chi connectivity index (χ1v) is 7.41. The van der Waals surface area contributed by atoms with Crippen molar-refractivity contribution in [1.82, 2.24) is 10.2 Å². The van der Waals surface area contributed by atoms with E-state index in [1.807, 2.05) is 49.3 Å². The number of rotatable bonds is 6. The summed E-state index contributed by atoms with van der Waals surface area (Å²) in [5.74, 6) is -2.09. The van der Waals surface area contributed by atoms with E-state index in [4.69, 9.17) is 0 Å². The second kappa shape index (κ2) is 7.83. The van der Waals surface area contributed by atoms with E-state index < -0.39 is 17.5 Å². The molecule has 1 N–H and O–H groups in total. The van der Waals surface area contributed by atoms with Crippen molar-refractivity contribution < 1.29 is 13.6 Å². The van der Waals surface area contributed by atoms with E-state index in [0.29, 0.717) is 12.6 Å². The summed E-state index contributed by atoms with van der Waals surface area (Å²) in [7, 11) is 3.86. The first kappa shape index (κ1) is 17.1. The van der Waals surface area contributed by atoms with Gasteiger partial charge in [0.05, 0.1) is 5.56 Å². The predicted octanol–water partition coefficient (Wildman–Crippen LogP) is 2.87. The molecule has 0 heterocycles. The molecule has 5 heteroatoms. The Morgan fingerprint density at radius 1 is 1.13 bits per heavy atom. The molecule has 2 aromatic carbocycles. The lowest BCUT2D eigenvalue weighted by molar-refractivity contribution is 0.0937. The smallest absolute Gasteiger partial charge is 0.254 e. The van der Waals surface area contributed by atoms with Crippen LogP contribution in [0, 0.1) is 11.6 Å². The second-order valence-electron chi connectivity index (χ2n) is 5.64. The van der Waals surface area contributed by atoms with Crippen LogP contribution in [0.5, 0.6) is 0 Å². The molecule has 0 aliphatic carbocycles. The maximum absolute atomic E-state index is 13.6. The average Bonchev–Trinajstić information content (AvgIpc) is 2.51. The number of hydrogen-bond donors (Lipinski definition) is 1. The number of carbonyl (C=O) groups excluding carboxylic acids is 1. The molecular weight excluding hydrogens is 298 g/mol. The molecule has 1 amide bonds. The minimum absolute atomic E-state index is 0.0739. The molecule has 2 aromatic rings. The molecule has 0 spiro atoms. The zero-order valence-corrected chi connectivity index (χ0v) is 13.2. The van der Waals surface area contributed by atoms with Crippen LogP contribution >= 0.6 is 0 Å². The number of nitrogens with one attached hydrogen (secondary N) is 1. The molecule has 1 atom stereocenters.